The van der Waals surface area contributed by atoms with E-state index in [1.165, 1.54) is 7.11 Å². The molecule has 2 atom stereocenters. The van der Waals surface area contributed by atoms with Crippen molar-refractivity contribution in [2.75, 3.05) is 40.0 Å². The van der Waals surface area contributed by atoms with Crippen molar-refractivity contribution in [1.29, 1.82) is 0 Å². The lowest BCUT2D eigenvalue weighted by Crippen LogP contribution is -2.51. The Kier molecular flexibility index (Phi) is 12.4. The highest BCUT2D eigenvalue weighted by molar-refractivity contribution is 6.53. The standard InChI is InChI=1S/C13H32N2O5Si/c1-5-17-13(10-12(11-15)8-9-14)20-21(16-4,18-6-2)19-7-3/h12-13H,5-11,14-15H2,1-4H3. The number of hydrogen-bond donors (Lipinski definition) is 2. The van der Waals surface area contributed by atoms with Crippen LogP contribution >= 0.6 is 0 Å². The van der Waals surface area contributed by atoms with Crippen LogP contribution in [0.3, 0.4) is 0 Å². The SMILES string of the molecule is CCOC(CC(CN)CCN)O[Si](OC)(OCC)OCC. The molecule has 0 heterocycles. The van der Waals surface area contributed by atoms with Crippen molar-refractivity contribution < 1.29 is 22.4 Å². The highest BCUT2D eigenvalue weighted by Crippen LogP contribution is 2.20. The van der Waals surface area contributed by atoms with Crippen molar-refractivity contribution in [3.8, 4) is 0 Å². The Hall–Kier alpha value is -0.0631. The van der Waals surface area contributed by atoms with Crippen molar-refractivity contribution in [2.24, 2.45) is 17.4 Å². The molecule has 0 aliphatic heterocycles. The molecule has 0 saturated heterocycles. The van der Waals surface area contributed by atoms with Gasteiger partial charge in [-0.2, -0.15) is 0 Å². The summed E-state index contributed by atoms with van der Waals surface area (Å²) in [6.45, 7) is 8.19. The molecule has 0 radical (unpaired) electrons. The van der Waals surface area contributed by atoms with Gasteiger partial charge in [0.25, 0.3) is 0 Å². The molecular weight excluding hydrogens is 292 g/mol. The first-order valence-electron chi connectivity index (χ1n) is 7.63. The molecule has 0 saturated carbocycles. The summed E-state index contributed by atoms with van der Waals surface area (Å²) in [5.41, 5.74) is 11.4. The zero-order valence-corrected chi connectivity index (χ0v) is 14.8. The Bertz CT molecular complexity index is 243. The number of rotatable bonds is 14. The number of ether oxygens (including phenoxy) is 1. The summed E-state index contributed by atoms with van der Waals surface area (Å²) in [5, 5.41) is 0. The van der Waals surface area contributed by atoms with E-state index in [4.69, 9.17) is 33.9 Å². The van der Waals surface area contributed by atoms with Crippen LogP contribution in [-0.2, 0) is 22.4 Å². The summed E-state index contributed by atoms with van der Waals surface area (Å²) in [5.74, 6) is 0.235. The van der Waals surface area contributed by atoms with E-state index in [1.54, 1.807) is 0 Å². The molecule has 0 bridgehead atoms. The predicted octanol–water partition coefficient (Wildman–Crippen LogP) is 0.834. The molecule has 128 valence electrons. The van der Waals surface area contributed by atoms with Gasteiger partial charge in [0, 0.05) is 33.4 Å². The molecule has 0 amide bonds. The van der Waals surface area contributed by atoms with E-state index in [-0.39, 0.29) is 5.92 Å². The molecule has 0 aromatic rings. The number of nitrogens with two attached hydrogens (primary N) is 2. The Morgan fingerprint density at radius 3 is 2.00 bits per heavy atom. The molecule has 0 aliphatic carbocycles. The number of hydrogen-bond acceptors (Lipinski definition) is 7. The predicted molar refractivity (Wildman–Crippen MR) is 83.3 cm³/mol. The zero-order chi connectivity index (χ0) is 16.1. The van der Waals surface area contributed by atoms with Crippen LogP contribution in [-0.4, -0.2) is 55.4 Å². The minimum Gasteiger partial charge on any atom is -0.355 e. The first-order chi connectivity index (χ1) is 10.1. The summed E-state index contributed by atoms with van der Waals surface area (Å²) in [7, 11) is -1.64. The summed E-state index contributed by atoms with van der Waals surface area (Å²) in [6.07, 6.45) is 0.994. The minimum absolute atomic E-state index is 0.235. The van der Waals surface area contributed by atoms with Crippen molar-refractivity contribution in [1.82, 2.24) is 0 Å². The van der Waals surface area contributed by atoms with Gasteiger partial charge in [0.2, 0.25) is 0 Å². The maximum atomic E-state index is 5.94. The lowest BCUT2D eigenvalue weighted by molar-refractivity contribution is -0.151. The summed E-state index contributed by atoms with van der Waals surface area (Å²) >= 11 is 0. The molecule has 0 aliphatic rings. The van der Waals surface area contributed by atoms with Crippen LogP contribution in [0.2, 0.25) is 0 Å². The van der Waals surface area contributed by atoms with Crippen LogP contribution < -0.4 is 11.5 Å². The molecule has 0 fully saturated rings. The second-order valence-corrected chi connectivity index (χ2v) is 6.71. The Morgan fingerprint density at radius 1 is 1.00 bits per heavy atom. The Morgan fingerprint density at radius 2 is 1.62 bits per heavy atom. The van der Waals surface area contributed by atoms with Gasteiger partial charge in [-0.3, -0.25) is 0 Å². The zero-order valence-electron chi connectivity index (χ0n) is 13.8. The molecule has 2 unspecified atom stereocenters. The van der Waals surface area contributed by atoms with Gasteiger partial charge in [0.05, 0.1) is 0 Å². The van der Waals surface area contributed by atoms with Gasteiger partial charge in [0.1, 0.15) is 0 Å². The van der Waals surface area contributed by atoms with E-state index >= 15 is 0 Å². The van der Waals surface area contributed by atoms with Gasteiger partial charge in [-0.05, 0) is 46.2 Å². The van der Waals surface area contributed by atoms with Crippen LogP contribution in [0.25, 0.3) is 0 Å². The van der Waals surface area contributed by atoms with Gasteiger partial charge in [0.15, 0.2) is 6.29 Å². The topological polar surface area (TPSA) is 98.2 Å². The van der Waals surface area contributed by atoms with Gasteiger partial charge in [-0.1, -0.05) is 0 Å². The molecule has 0 aromatic heterocycles. The van der Waals surface area contributed by atoms with Crippen LogP contribution in [0.4, 0.5) is 0 Å². The fraction of sp³-hybridized carbons (Fsp3) is 1.00. The molecule has 21 heavy (non-hydrogen) atoms. The molecule has 0 aromatic carbocycles. The van der Waals surface area contributed by atoms with Crippen molar-refractivity contribution in [3.05, 3.63) is 0 Å². The smallest absolute Gasteiger partial charge is 0.355 e. The van der Waals surface area contributed by atoms with Crippen molar-refractivity contribution in [2.45, 2.75) is 39.9 Å². The van der Waals surface area contributed by atoms with Crippen LogP contribution in [0, 0.1) is 5.92 Å². The summed E-state index contributed by atoms with van der Waals surface area (Å²) in [4.78, 5) is 0. The minimum atomic E-state index is -3.17. The molecule has 8 heteroatoms. The van der Waals surface area contributed by atoms with E-state index in [1.807, 2.05) is 20.8 Å². The van der Waals surface area contributed by atoms with Crippen LogP contribution in [0.15, 0.2) is 0 Å². The maximum absolute atomic E-state index is 5.94. The lowest BCUT2D eigenvalue weighted by atomic mass is 10.0. The maximum Gasteiger partial charge on any atom is 0.681 e. The summed E-state index contributed by atoms with van der Waals surface area (Å²) in [6, 6.07) is 0. The molecule has 4 N–H and O–H groups in total. The van der Waals surface area contributed by atoms with Crippen LogP contribution in [0.1, 0.15) is 33.6 Å². The van der Waals surface area contributed by atoms with Gasteiger partial charge >= 0.3 is 9.05 Å². The van der Waals surface area contributed by atoms with Crippen molar-refractivity contribution in [3.63, 3.8) is 0 Å². The first kappa shape index (κ1) is 20.9. The fourth-order valence-electron chi connectivity index (χ4n) is 1.97. The third kappa shape index (κ3) is 8.22. The molecule has 7 nitrogen and oxygen atoms in total. The van der Waals surface area contributed by atoms with Crippen LogP contribution in [0.5, 0.6) is 0 Å². The quantitative estimate of drug-likeness (QED) is 0.361. The first-order valence-corrected chi connectivity index (χ1v) is 9.27. The van der Waals surface area contributed by atoms with Gasteiger partial charge < -0.3 is 33.9 Å². The van der Waals surface area contributed by atoms with E-state index in [2.05, 4.69) is 0 Å². The van der Waals surface area contributed by atoms with E-state index in [9.17, 15) is 0 Å². The highest BCUT2D eigenvalue weighted by atomic mass is 28.4. The second kappa shape index (κ2) is 12.5. The Labute approximate surface area is 129 Å². The van der Waals surface area contributed by atoms with E-state index < -0.39 is 15.3 Å². The fourth-order valence-corrected chi connectivity index (χ4v) is 3.71. The molecular formula is C13H32N2O5Si. The monoisotopic (exact) mass is 324 g/mol. The third-order valence-electron chi connectivity index (χ3n) is 2.95. The average Bonchev–Trinajstić information content (AvgIpc) is 2.47. The van der Waals surface area contributed by atoms with Gasteiger partial charge in [-0.15, -0.1) is 0 Å². The van der Waals surface area contributed by atoms with E-state index in [0.29, 0.717) is 39.3 Å². The van der Waals surface area contributed by atoms with Gasteiger partial charge in [-0.25, -0.2) is 0 Å². The molecule has 0 spiro atoms. The normalized spacial score (nSPS) is 15.1. The van der Waals surface area contributed by atoms with Crippen molar-refractivity contribution >= 4 is 9.05 Å². The third-order valence-corrected chi connectivity index (χ3v) is 5.29. The average molecular weight is 324 g/mol. The largest absolute Gasteiger partial charge is 0.681 e. The van der Waals surface area contributed by atoms with E-state index in [0.717, 1.165) is 6.42 Å². The second-order valence-electron chi connectivity index (χ2n) is 4.49. The Balaban J connectivity index is 4.81. The summed E-state index contributed by atoms with van der Waals surface area (Å²) < 4.78 is 28.2. The molecule has 0 rings (SSSR count). The lowest BCUT2D eigenvalue weighted by Gasteiger charge is -2.31. The highest BCUT2D eigenvalue weighted by Gasteiger charge is 2.46.